The second kappa shape index (κ2) is 9.90. The molecule has 7 heteroatoms. The minimum atomic E-state index is 0.208. The van der Waals surface area contributed by atoms with Crippen molar-refractivity contribution in [2.45, 2.75) is 58.2 Å². The maximum Gasteiger partial charge on any atom is 0.154 e. The second-order valence-corrected chi connectivity index (χ2v) is 8.54. The molecular weight excluding hydrogens is 412 g/mol. The summed E-state index contributed by atoms with van der Waals surface area (Å²) in [5, 5.41) is 17.0. The number of hydrogen-bond donors (Lipinski definition) is 1. The fraction of sp³-hybridized carbons (Fsp3) is 0.346. The van der Waals surface area contributed by atoms with E-state index in [1.807, 2.05) is 53.3 Å². The molecule has 170 valence electrons. The maximum absolute atomic E-state index is 5.94. The van der Waals surface area contributed by atoms with Crippen LogP contribution >= 0.6 is 0 Å². The van der Waals surface area contributed by atoms with Gasteiger partial charge in [0.05, 0.1) is 17.9 Å². The van der Waals surface area contributed by atoms with Crippen LogP contribution in [0, 0.1) is 0 Å². The average Bonchev–Trinajstić information content (AvgIpc) is 3.47. The van der Waals surface area contributed by atoms with Crippen LogP contribution in [0.15, 0.2) is 67.0 Å². The maximum atomic E-state index is 5.94. The molecule has 0 radical (unpaired) electrons. The number of benzene rings is 2. The van der Waals surface area contributed by atoms with Crippen molar-refractivity contribution in [1.29, 1.82) is 0 Å². The lowest BCUT2D eigenvalue weighted by molar-refractivity contribution is 0.482. The minimum absolute atomic E-state index is 0.208. The Labute approximate surface area is 194 Å². The van der Waals surface area contributed by atoms with E-state index in [9.17, 15) is 0 Å². The Hall–Kier alpha value is -3.61. The lowest BCUT2D eigenvalue weighted by Gasteiger charge is -2.19. The van der Waals surface area contributed by atoms with Crippen LogP contribution in [0.5, 0.6) is 11.5 Å². The summed E-state index contributed by atoms with van der Waals surface area (Å²) in [6, 6.07) is 18.4. The van der Waals surface area contributed by atoms with Crippen molar-refractivity contribution in [1.82, 2.24) is 24.5 Å². The molecule has 1 unspecified atom stereocenters. The van der Waals surface area contributed by atoms with Gasteiger partial charge in [0.1, 0.15) is 23.9 Å². The fourth-order valence-corrected chi connectivity index (χ4v) is 4.36. The Morgan fingerprint density at radius 1 is 1.00 bits per heavy atom. The molecule has 0 bridgehead atoms. The molecule has 2 aromatic heterocycles. The SMILES string of the molecule is CCCC(Nc1cnn(Cc2nnc3n2CCCC3)c1)c1ccc(Oc2ccccc2)cc1. The van der Waals surface area contributed by atoms with Crippen LogP contribution in [-0.4, -0.2) is 24.5 Å². The minimum Gasteiger partial charge on any atom is -0.457 e. The molecule has 0 saturated carbocycles. The van der Waals surface area contributed by atoms with Crippen LogP contribution in [-0.2, 0) is 19.5 Å². The lowest BCUT2D eigenvalue weighted by Crippen LogP contribution is -2.15. The number of hydrogen-bond acceptors (Lipinski definition) is 5. The predicted molar refractivity (Wildman–Crippen MR) is 129 cm³/mol. The monoisotopic (exact) mass is 442 g/mol. The van der Waals surface area contributed by atoms with Gasteiger partial charge >= 0.3 is 0 Å². The summed E-state index contributed by atoms with van der Waals surface area (Å²) >= 11 is 0. The van der Waals surface area contributed by atoms with Crippen LogP contribution < -0.4 is 10.1 Å². The third-order valence-electron chi connectivity index (χ3n) is 6.05. The van der Waals surface area contributed by atoms with E-state index in [1.54, 1.807) is 0 Å². The number of ether oxygens (including phenoxy) is 1. The van der Waals surface area contributed by atoms with E-state index < -0.39 is 0 Å². The molecule has 7 nitrogen and oxygen atoms in total. The van der Waals surface area contributed by atoms with Gasteiger partial charge in [-0.3, -0.25) is 4.68 Å². The van der Waals surface area contributed by atoms with E-state index in [0.717, 1.165) is 54.6 Å². The summed E-state index contributed by atoms with van der Waals surface area (Å²) < 4.78 is 10.1. The first-order chi connectivity index (χ1) is 16.3. The zero-order chi connectivity index (χ0) is 22.5. The highest BCUT2D eigenvalue weighted by Gasteiger charge is 2.17. The molecule has 0 fully saturated rings. The fourth-order valence-electron chi connectivity index (χ4n) is 4.36. The van der Waals surface area contributed by atoms with Crippen molar-refractivity contribution in [2.24, 2.45) is 0 Å². The molecule has 0 spiro atoms. The van der Waals surface area contributed by atoms with Crippen molar-refractivity contribution in [2.75, 3.05) is 5.32 Å². The molecule has 4 aromatic rings. The van der Waals surface area contributed by atoms with Crippen LogP contribution in [0.1, 0.15) is 55.9 Å². The van der Waals surface area contributed by atoms with Gasteiger partial charge in [-0.05, 0) is 49.1 Å². The van der Waals surface area contributed by atoms with E-state index >= 15 is 0 Å². The van der Waals surface area contributed by atoms with Gasteiger partial charge in [0, 0.05) is 19.2 Å². The van der Waals surface area contributed by atoms with Crippen LogP contribution in [0.3, 0.4) is 0 Å². The largest absolute Gasteiger partial charge is 0.457 e. The van der Waals surface area contributed by atoms with Crippen LogP contribution in [0.2, 0.25) is 0 Å². The zero-order valence-corrected chi connectivity index (χ0v) is 19.0. The van der Waals surface area contributed by atoms with Gasteiger partial charge < -0.3 is 14.6 Å². The van der Waals surface area contributed by atoms with Crippen LogP contribution in [0.4, 0.5) is 5.69 Å². The van der Waals surface area contributed by atoms with E-state index in [4.69, 9.17) is 4.74 Å². The topological polar surface area (TPSA) is 69.8 Å². The molecular formula is C26H30N6O. The number of rotatable bonds is 9. The van der Waals surface area contributed by atoms with E-state index in [1.165, 1.54) is 18.4 Å². The number of nitrogens with one attached hydrogen (secondary N) is 1. The Balaban J connectivity index is 1.25. The van der Waals surface area contributed by atoms with E-state index in [2.05, 4.69) is 50.4 Å². The van der Waals surface area contributed by atoms with Gasteiger partial charge in [0.2, 0.25) is 0 Å². The first-order valence-electron chi connectivity index (χ1n) is 11.8. The number of aryl methyl sites for hydroxylation is 1. The summed E-state index contributed by atoms with van der Waals surface area (Å²) in [5.41, 5.74) is 2.24. The van der Waals surface area contributed by atoms with Crippen molar-refractivity contribution in [3.8, 4) is 11.5 Å². The van der Waals surface area contributed by atoms with Crippen molar-refractivity contribution >= 4 is 5.69 Å². The molecule has 1 N–H and O–H groups in total. The molecule has 1 aliphatic heterocycles. The van der Waals surface area contributed by atoms with Gasteiger partial charge in [-0.25, -0.2) is 0 Å². The summed E-state index contributed by atoms with van der Waals surface area (Å²) in [6.07, 6.45) is 9.47. The van der Waals surface area contributed by atoms with Crippen molar-refractivity contribution in [3.63, 3.8) is 0 Å². The van der Waals surface area contributed by atoms with Gasteiger partial charge in [0.15, 0.2) is 5.82 Å². The number of fused-ring (bicyclic) bond motifs is 1. The summed E-state index contributed by atoms with van der Waals surface area (Å²) in [5.74, 6) is 3.77. The normalized spacial score (nSPS) is 14.0. The van der Waals surface area contributed by atoms with Gasteiger partial charge in [-0.15, -0.1) is 10.2 Å². The summed E-state index contributed by atoms with van der Waals surface area (Å²) in [6.45, 7) is 3.85. The third kappa shape index (κ3) is 5.08. The summed E-state index contributed by atoms with van der Waals surface area (Å²) in [7, 11) is 0. The smallest absolute Gasteiger partial charge is 0.154 e. The van der Waals surface area contributed by atoms with Crippen LogP contribution in [0.25, 0.3) is 0 Å². The van der Waals surface area contributed by atoms with Crippen molar-refractivity contribution < 1.29 is 4.74 Å². The Morgan fingerprint density at radius 2 is 1.82 bits per heavy atom. The van der Waals surface area contributed by atoms with Gasteiger partial charge in [0.25, 0.3) is 0 Å². The van der Waals surface area contributed by atoms with Gasteiger partial charge in [-0.1, -0.05) is 43.7 Å². The molecule has 1 atom stereocenters. The van der Waals surface area contributed by atoms with Gasteiger partial charge in [-0.2, -0.15) is 5.10 Å². The highest BCUT2D eigenvalue weighted by Crippen LogP contribution is 2.27. The molecule has 5 rings (SSSR count). The molecule has 2 aromatic carbocycles. The molecule has 0 amide bonds. The first-order valence-corrected chi connectivity index (χ1v) is 11.8. The molecule has 3 heterocycles. The highest BCUT2D eigenvalue weighted by molar-refractivity contribution is 5.43. The predicted octanol–water partition coefficient (Wildman–Crippen LogP) is 5.60. The Morgan fingerprint density at radius 3 is 2.64 bits per heavy atom. The van der Waals surface area contributed by atoms with Crippen molar-refractivity contribution in [3.05, 3.63) is 84.2 Å². The number of para-hydroxylation sites is 1. The van der Waals surface area contributed by atoms with E-state index in [0.29, 0.717) is 6.54 Å². The number of aromatic nitrogens is 5. The standard InChI is InChI=1S/C26H30N6O/c1-2-8-24(20-12-14-23(15-13-20)33-22-9-4-3-5-10-22)28-21-17-27-31(18-21)19-26-30-29-25-11-6-7-16-32(25)26/h3-5,9-10,12-15,17-18,24,28H,2,6-8,11,16,19H2,1H3. The zero-order valence-electron chi connectivity index (χ0n) is 19.0. The second-order valence-electron chi connectivity index (χ2n) is 8.54. The molecule has 1 aliphatic rings. The Bertz CT molecular complexity index is 1170. The third-order valence-corrected chi connectivity index (χ3v) is 6.05. The highest BCUT2D eigenvalue weighted by atomic mass is 16.5. The average molecular weight is 443 g/mol. The molecule has 33 heavy (non-hydrogen) atoms. The number of anilines is 1. The summed E-state index contributed by atoms with van der Waals surface area (Å²) in [4.78, 5) is 0. The number of nitrogens with zero attached hydrogens (tertiary/aromatic N) is 5. The first kappa shape index (κ1) is 21.2. The molecule has 0 aliphatic carbocycles. The lowest BCUT2D eigenvalue weighted by atomic mass is 10.0. The Kier molecular flexibility index (Phi) is 6.37. The van der Waals surface area contributed by atoms with E-state index in [-0.39, 0.29) is 6.04 Å². The quantitative estimate of drug-likeness (QED) is 0.365. The molecule has 0 saturated heterocycles.